The van der Waals surface area contributed by atoms with Crippen LogP contribution in [0, 0.1) is 18.8 Å². The molecule has 0 aliphatic carbocycles. The maximum Gasteiger partial charge on any atom is 0.109 e. The van der Waals surface area contributed by atoms with Gasteiger partial charge < -0.3 is 9.47 Å². The maximum atomic E-state index is 4.46. The second-order valence-electron chi connectivity index (χ2n) is 7.63. The van der Waals surface area contributed by atoms with Crippen molar-refractivity contribution in [2.24, 2.45) is 18.9 Å². The summed E-state index contributed by atoms with van der Waals surface area (Å²) in [6.45, 7) is 7.06. The van der Waals surface area contributed by atoms with Gasteiger partial charge in [-0.1, -0.05) is 24.3 Å². The van der Waals surface area contributed by atoms with Crippen molar-refractivity contribution in [3.05, 3.63) is 53.6 Å². The number of rotatable bonds is 4. The molecule has 144 valence electrons. The van der Waals surface area contributed by atoms with E-state index in [0.29, 0.717) is 6.04 Å². The van der Waals surface area contributed by atoms with Gasteiger partial charge in [0.05, 0.1) is 0 Å². The number of likely N-dealkylation sites (tertiary alicyclic amines) is 2. The Bertz CT molecular complexity index is 717. The van der Waals surface area contributed by atoms with Crippen molar-refractivity contribution >= 4 is 24.8 Å². The summed E-state index contributed by atoms with van der Waals surface area (Å²) >= 11 is 0. The van der Waals surface area contributed by atoms with Crippen molar-refractivity contribution in [1.29, 1.82) is 0 Å². The van der Waals surface area contributed by atoms with Gasteiger partial charge in [0.2, 0.25) is 0 Å². The number of aromatic nitrogens is 2. The van der Waals surface area contributed by atoms with Crippen LogP contribution < -0.4 is 0 Å². The topological polar surface area (TPSA) is 24.3 Å². The monoisotopic (exact) mass is 396 g/mol. The van der Waals surface area contributed by atoms with E-state index in [-0.39, 0.29) is 24.8 Å². The second-order valence-corrected chi connectivity index (χ2v) is 7.63. The molecule has 3 heterocycles. The molecule has 0 N–H and O–H groups in total. The van der Waals surface area contributed by atoms with E-state index >= 15 is 0 Å². The third-order valence-corrected chi connectivity index (χ3v) is 6.05. The summed E-state index contributed by atoms with van der Waals surface area (Å²) in [4.78, 5) is 9.70. The first-order valence-electron chi connectivity index (χ1n) is 9.08. The lowest BCUT2D eigenvalue weighted by molar-refractivity contribution is 0.228. The SMILES string of the molecule is Cc1ccccc1[C@@H]1[C@@H]2CN(CCc3nccn3C)C[C@@H]2CN1C.Cl.Cl. The van der Waals surface area contributed by atoms with Crippen molar-refractivity contribution in [2.45, 2.75) is 19.4 Å². The molecule has 2 saturated heterocycles. The minimum atomic E-state index is 0. The van der Waals surface area contributed by atoms with Crippen LogP contribution in [0.2, 0.25) is 0 Å². The van der Waals surface area contributed by atoms with E-state index in [9.17, 15) is 0 Å². The third-order valence-electron chi connectivity index (χ3n) is 6.05. The summed E-state index contributed by atoms with van der Waals surface area (Å²) in [5, 5.41) is 0. The van der Waals surface area contributed by atoms with Crippen molar-refractivity contribution in [2.75, 3.05) is 33.2 Å². The zero-order chi connectivity index (χ0) is 16.7. The molecule has 0 bridgehead atoms. The van der Waals surface area contributed by atoms with Crippen LogP contribution in [0.4, 0.5) is 0 Å². The zero-order valence-corrected chi connectivity index (χ0v) is 17.5. The van der Waals surface area contributed by atoms with Crippen molar-refractivity contribution in [1.82, 2.24) is 19.4 Å². The Morgan fingerprint density at radius 3 is 2.54 bits per heavy atom. The molecule has 4 nitrogen and oxygen atoms in total. The molecule has 2 aliphatic rings. The minimum Gasteiger partial charge on any atom is -0.338 e. The average Bonchev–Trinajstić information content (AvgIpc) is 3.21. The molecule has 0 unspecified atom stereocenters. The zero-order valence-electron chi connectivity index (χ0n) is 15.8. The van der Waals surface area contributed by atoms with Gasteiger partial charge in [-0.25, -0.2) is 4.98 Å². The Morgan fingerprint density at radius 1 is 1.08 bits per heavy atom. The van der Waals surface area contributed by atoms with E-state index < -0.39 is 0 Å². The molecule has 0 spiro atoms. The van der Waals surface area contributed by atoms with Gasteiger partial charge in [0.1, 0.15) is 5.82 Å². The van der Waals surface area contributed by atoms with Gasteiger partial charge in [0.25, 0.3) is 0 Å². The highest BCUT2D eigenvalue weighted by atomic mass is 35.5. The number of fused-ring (bicyclic) bond motifs is 1. The van der Waals surface area contributed by atoms with E-state index in [4.69, 9.17) is 0 Å². The smallest absolute Gasteiger partial charge is 0.109 e. The first-order chi connectivity index (χ1) is 11.6. The number of nitrogens with zero attached hydrogens (tertiary/aromatic N) is 4. The summed E-state index contributed by atoms with van der Waals surface area (Å²) in [6, 6.07) is 9.50. The van der Waals surface area contributed by atoms with Crippen LogP contribution >= 0.6 is 24.8 Å². The first kappa shape index (κ1) is 21.2. The van der Waals surface area contributed by atoms with Gasteiger partial charge in [-0.05, 0) is 36.9 Å². The fourth-order valence-corrected chi connectivity index (χ4v) is 4.81. The van der Waals surface area contributed by atoms with Gasteiger partial charge in [0, 0.05) is 58.1 Å². The van der Waals surface area contributed by atoms with Gasteiger partial charge >= 0.3 is 0 Å². The predicted molar refractivity (Wildman–Crippen MR) is 111 cm³/mol. The van der Waals surface area contributed by atoms with Crippen molar-refractivity contribution < 1.29 is 0 Å². The Kier molecular flexibility index (Phi) is 7.14. The largest absolute Gasteiger partial charge is 0.338 e. The third kappa shape index (κ3) is 3.94. The Labute approximate surface area is 169 Å². The summed E-state index contributed by atoms with van der Waals surface area (Å²) in [5.74, 6) is 2.76. The van der Waals surface area contributed by atoms with E-state index in [1.807, 2.05) is 12.4 Å². The highest BCUT2D eigenvalue weighted by molar-refractivity contribution is 5.85. The molecule has 26 heavy (non-hydrogen) atoms. The Morgan fingerprint density at radius 2 is 1.85 bits per heavy atom. The number of benzene rings is 1. The molecule has 3 atom stereocenters. The minimum absolute atomic E-state index is 0. The molecule has 4 rings (SSSR count). The molecule has 2 aliphatic heterocycles. The predicted octanol–water partition coefficient (Wildman–Crippen LogP) is 3.35. The van der Waals surface area contributed by atoms with Gasteiger partial charge in [-0.15, -0.1) is 24.8 Å². The van der Waals surface area contributed by atoms with Crippen LogP contribution in [-0.2, 0) is 13.5 Å². The lowest BCUT2D eigenvalue weighted by atomic mass is 9.88. The number of hydrogen-bond donors (Lipinski definition) is 0. The van der Waals surface area contributed by atoms with E-state index in [0.717, 1.165) is 24.8 Å². The molecule has 2 fully saturated rings. The van der Waals surface area contributed by atoms with E-state index in [2.05, 4.69) is 64.6 Å². The standard InChI is InChI=1S/C20H28N4.2ClH/c1-15-6-4-5-7-17(15)20-18-14-24(13-16(18)12-23(20)3)10-8-19-21-9-11-22(19)2;;/h4-7,9,11,16,18,20H,8,10,12-14H2,1-3H3;2*1H/t16-,18+,20+;;/m0../s1. The Hall–Kier alpha value is -1.07. The fraction of sp³-hybridized carbons (Fsp3) is 0.550. The van der Waals surface area contributed by atoms with Crippen LogP contribution in [0.15, 0.2) is 36.7 Å². The summed E-state index contributed by atoms with van der Waals surface area (Å²) in [6.07, 6.45) is 4.99. The van der Waals surface area contributed by atoms with Gasteiger partial charge in [-0.3, -0.25) is 4.90 Å². The summed E-state index contributed by atoms with van der Waals surface area (Å²) < 4.78 is 2.14. The lowest BCUT2D eigenvalue weighted by Gasteiger charge is -2.28. The number of hydrogen-bond acceptors (Lipinski definition) is 3. The molecule has 6 heteroatoms. The highest BCUT2D eigenvalue weighted by Crippen LogP contribution is 2.44. The molecule has 0 amide bonds. The number of aryl methyl sites for hydroxylation is 2. The summed E-state index contributed by atoms with van der Waals surface area (Å²) in [7, 11) is 4.39. The fourth-order valence-electron chi connectivity index (χ4n) is 4.81. The molecular formula is C20H30Cl2N4. The van der Waals surface area contributed by atoms with Crippen LogP contribution in [0.1, 0.15) is 23.0 Å². The van der Waals surface area contributed by atoms with Crippen molar-refractivity contribution in [3.8, 4) is 0 Å². The molecule has 1 aromatic heterocycles. The number of halogens is 2. The van der Waals surface area contributed by atoms with E-state index in [1.54, 1.807) is 0 Å². The van der Waals surface area contributed by atoms with Crippen LogP contribution in [0.25, 0.3) is 0 Å². The molecule has 0 saturated carbocycles. The Balaban J connectivity index is 0.00000121. The molecule has 0 radical (unpaired) electrons. The number of imidazole rings is 1. The lowest BCUT2D eigenvalue weighted by Crippen LogP contribution is -2.31. The second kappa shape index (κ2) is 8.75. The molecule has 2 aromatic rings. The molecular weight excluding hydrogens is 367 g/mol. The van der Waals surface area contributed by atoms with Crippen LogP contribution in [-0.4, -0.2) is 52.6 Å². The quantitative estimate of drug-likeness (QED) is 0.791. The van der Waals surface area contributed by atoms with Crippen molar-refractivity contribution in [3.63, 3.8) is 0 Å². The summed E-state index contributed by atoms with van der Waals surface area (Å²) in [5.41, 5.74) is 2.96. The normalized spacial score (nSPS) is 25.6. The maximum absolute atomic E-state index is 4.46. The first-order valence-corrected chi connectivity index (χ1v) is 9.08. The molecule has 1 aromatic carbocycles. The van der Waals surface area contributed by atoms with Crippen LogP contribution in [0.3, 0.4) is 0 Å². The van der Waals surface area contributed by atoms with E-state index in [1.165, 1.54) is 36.6 Å². The average molecular weight is 397 g/mol. The van der Waals surface area contributed by atoms with Gasteiger partial charge in [0.15, 0.2) is 0 Å². The van der Waals surface area contributed by atoms with Crippen LogP contribution in [0.5, 0.6) is 0 Å². The highest BCUT2D eigenvalue weighted by Gasteiger charge is 2.46. The van der Waals surface area contributed by atoms with Gasteiger partial charge in [-0.2, -0.15) is 0 Å².